The third-order valence-electron chi connectivity index (χ3n) is 4.18. The molecule has 0 radical (unpaired) electrons. The van der Waals surface area contributed by atoms with Gasteiger partial charge in [0.2, 0.25) is 6.79 Å². The molecule has 0 atom stereocenters. The van der Waals surface area contributed by atoms with Crippen molar-refractivity contribution >= 4 is 29.2 Å². The molecule has 0 unspecified atom stereocenters. The Morgan fingerprint density at radius 2 is 1.85 bits per heavy atom. The number of hydrogen-bond acceptors (Lipinski definition) is 4. The third kappa shape index (κ3) is 3.60. The normalized spacial score (nSPS) is 12.0. The van der Waals surface area contributed by atoms with Gasteiger partial charge in [0.25, 0.3) is 5.91 Å². The molecule has 0 fully saturated rings. The van der Waals surface area contributed by atoms with E-state index < -0.39 is 11.9 Å². The van der Waals surface area contributed by atoms with Gasteiger partial charge in [-0.25, -0.2) is 4.79 Å². The van der Waals surface area contributed by atoms with Crippen LogP contribution in [0.1, 0.15) is 35.3 Å². The summed E-state index contributed by atoms with van der Waals surface area (Å²) in [6, 6.07) is 7.83. The van der Waals surface area contributed by atoms with E-state index in [9.17, 15) is 9.59 Å². The van der Waals surface area contributed by atoms with E-state index in [2.05, 4.69) is 10.6 Å². The van der Waals surface area contributed by atoms with E-state index >= 15 is 0 Å². The van der Waals surface area contributed by atoms with Crippen LogP contribution in [-0.2, 0) is 12.8 Å². The predicted molar refractivity (Wildman–Crippen MR) is 99.3 cm³/mol. The van der Waals surface area contributed by atoms with Gasteiger partial charge in [-0.05, 0) is 48.2 Å². The van der Waals surface area contributed by atoms with E-state index in [0.717, 1.165) is 17.5 Å². The van der Waals surface area contributed by atoms with Gasteiger partial charge in [0, 0.05) is 10.6 Å². The number of imide groups is 1. The lowest BCUT2D eigenvalue weighted by Gasteiger charge is -2.16. The summed E-state index contributed by atoms with van der Waals surface area (Å²) in [7, 11) is 0. The van der Waals surface area contributed by atoms with E-state index in [1.165, 1.54) is 0 Å². The molecule has 26 heavy (non-hydrogen) atoms. The smallest absolute Gasteiger partial charge is 0.326 e. The number of urea groups is 1. The zero-order valence-electron chi connectivity index (χ0n) is 14.5. The average molecular weight is 375 g/mol. The highest BCUT2D eigenvalue weighted by atomic mass is 35.5. The molecule has 3 amide bonds. The first-order valence-electron chi connectivity index (χ1n) is 8.35. The molecule has 3 rings (SSSR count). The van der Waals surface area contributed by atoms with Gasteiger partial charge >= 0.3 is 6.03 Å². The molecule has 7 heteroatoms. The van der Waals surface area contributed by atoms with Gasteiger partial charge in [0.05, 0.1) is 5.69 Å². The Hall–Kier alpha value is -2.73. The minimum absolute atomic E-state index is 0.120. The highest BCUT2D eigenvalue weighted by Gasteiger charge is 2.19. The number of benzene rings is 2. The van der Waals surface area contributed by atoms with Gasteiger partial charge in [-0.15, -0.1) is 0 Å². The van der Waals surface area contributed by atoms with Gasteiger partial charge < -0.3 is 14.8 Å². The number of fused-ring (bicyclic) bond motifs is 1. The second-order valence-corrected chi connectivity index (χ2v) is 6.15. The summed E-state index contributed by atoms with van der Waals surface area (Å²) >= 11 is 6.23. The van der Waals surface area contributed by atoms with Crippen LogP contribution in [0, 0.1) is 0 Å². The average Bonchev–Trinajstić information content (AvgIpc) is 3.09. The van der Waals surface area contributed by atoms with Crippen LogP contribution < -0.4 is 20.1 Å². The van der Waals surface area contributed by atoms with Crippen molar-refractivity contribution in [2.75, 3.05) is 12.1 Å². The molecular weight excluding hydrogens is 356 g/mol. The Morgan fingerprint density at radius 3 is 2.58 bits per heavy atom. The lowest BCUT2D eigenvalue weighted by Crippen LogP contribution is -2.34. The summed E-state index contributed by atoms with van der Waals surface area (Å²) in [5.74, 6) is 0.526. The number of carbonyl (C=O) groups excluding carboxylic acids is 2. The molecule has 0 saturated carbocycles. The molecule has 2 aromatic rings. The van der Waals surface area contributed by atoms with Crippen LogP contribution in [0.5, 0.6) is 11.5 Å². The molecule has 2 aromatic carbocycles. The van der Waals surface area contributed by atoms with Crippen LogP contribution in [0.2, 0.25) is 5.02 Å². The maximum absolute atomic E-state index is 12.3. The van der Waals surface area contributed by atoms with Crippen molar-refractivity contribution in [2.24, 2.45) is 0 Å². The fraction of sp³-hybridized carbons (Fsp3) is 0.263. The molecule has 0 saturated heterocycles. The molecule has 0 aromatic heterocycles. The van der Waals surface area contributed by atoms with Crippen LogP contribution in [0.15, 0.2) is 30.3 Å². The lowest BCUT2D eigenvalue weighted by molar-refractivity contribution is 0.0966. The molecule has 1 heterocycles. The van der Waals surface area contributed by atoms with E-state index in [4.69, 9.17) is 21.1 Å². The van der Waals surface area contributed by atoms with Crippen molar-refractivity contribution in [1.29, 1.82) is 0 Å². The fourth-order valence-electron chi connectivity index (χ4n) is 2.82. The number of halogens is 1. The first-order valence-corrected chi connectivity index (χ1v) is 8.73. The standard InChI is InChI=1S/C19H19ClN2O4/c1-3-11-5-7-14(20)13(4-2)17(11)21-19(24)22-18(23)12-6-8-15-16(9-12)26-10-25-15/h5-9H,3-4,10H2,1-2H3,(H2,21,22,23,24). The van der Waals surface area contributed by atoms with Crippen molar-refractivity contribution in [2.45, 2.75) is 26.7 Å². The van der Waals surface area contributed by atoms with Crippen LogP contribution in [0.3, 0.4) is 0 Å². The topological polar surface area (TPSA) is 76.7 Å². The van der Waals surface area contributed by atoms with Crippen molar-refractivity contribution in [3.63, 3.8) is 0 Å². The zero-order chi connectivity index (χ0) is 18.7. The zero-order valence-corrected chi connectivity index (χ0v) is 15.3. The maximum Gasteiger partial charge on any atom is 0.326 e. The minimum atomic E-state index is -0.612. The third-order valence-corrected chi connectivity index (χ3v) is 4.53. The van der Waals surface area contributed by atoms with Crippen molar-refractivity contribution in [3.05, 3.63) is 52.0 Å². The molecular formula is C19H19ClN2O4. The number of nitrogens with one attached hydrogen (secondary N) is 2. The number of hydrogen-bond donors (Lipinski definition) is 2. The maximum atomic E-state index is 12.3. The Balaban J connectivity index is 1.75. The highest BCUT2D eigenvalue weighted by Crippen LogP contribution is 2.32. The van der Waals surface area contributed by atoms with Crippen LogP contribution in [0.4, 0.5) is 10.5 Å². The van der Waals surface area contributed by atoms with E-state index in [1.54, 1.807) is 18.2 Å². The van der Waals surface area contributed by atoms with Gasteiger partial charge in [-0.3, -0.25) is 10.1 Å². The number of aryl methyl sites for hydroxylation is 1. The van der Waals surface area contributed by atoms with Crippen LogP contribution in [-0.4, -0.2) is 18.7 Å². The number of ether oxygens (including phenoxy) is 2. The molecule has 1 aliphatic heterocycles. The van der Waals surface area contributed by atoms with E-state index in [1.807, 2.05) is 26.0 Å². The quantitative estimate of drug-likeness (QED) is 0.842. The fourth-order valence-corrected chi connectivity index (χ4v) is 3.12. The van der Waals surface area contributed by atoms with Gasteiger partial charge in [0.1, 0.15) is 0 Å². The monoisotopic (exact) mass is 374 g/mol. The Kier molecular flexibility index (Phi) is 5.32. The summed E-state index contributed by atoms with van der Waals surface area (Å²) in [5, 5.41) is 5.68. The molecule has 0 aliphatic carbocycles. The van der Waals surface area contributed by atoms with Gasteiger partial charge in [-0.2, -0.15) is 0 Å². The molecule has 6 nitrogen and oxygen atoms in total. The Labute approximate surface area is 156 Å². The number of anilines is 1. The summed E-state index contributed by atoms with van der Waals surface area (Å²) in [6.45, 7) is 4.07. The first kappa shape index (κ1) is 18.1. The SMILES string of the molecule is CCc1ccc(Cl)c(CC)c1NC(=O)NC(=O)c1ccc2c(c1)OCO2. The summed E-state index contributed by atoms with van der Waals surface area (Å²) in [4.78, 5) is 24.7. The van der Waals surface area contributed by atoms with E-state index in [0.29, 0.717) is 34.2 Å². The van der Waals surface area contributed by atoms with Crippen molar-refractivity contribution in [3.8, 4) is 11.5 Å². The van der Waals surface area contributed by atoms with Crippen LogP contribution in [0.25, 0.3) is 0 Å². The van der Waals surface area contributed by atoms with E-state index in [-0.39, 0.29) is 6.79 Å². The second-order valence-electron chi connectivity index (χ2n) is 5.74. The second kappa shape index (κ2) is 7.66. The Morgan fingerprint density at radius 1 is 1.08 bits per heavy atom. The minimum Gasteiger partial charge on any atom is -0.454 e. The van der Waals surface area contributed by atoms with Crippen molar-refractivity contribution in [1.82, 2.24) is 5.32 Å². The molecule has 0 spiro atoms. The van der Waals surface area contributed by atoms with Crippen LogP contribution >= 0.6 is 11.6 Å². The largest absolute Gasteiger partial charge is 0.454 e. The summed E-state index contributed by atoms with van der Waals surface area (Å²) < 4.78 is 10.5. The highest BCUT2D eigenvalue weighted by molar-refractivity contribution is 6.32. The lowest BCUT2D eigenvalue weighted by atomic mass is 10.0. The molecule has 136 valence electrons. The summed E-state index contributed by atoms with van der Waals surface area (Å²) in [5.41, 5.74) is 2.76. The Bertz CT molecular complexity index is 867. The molecule has 0 bridgehead atoms. The molecule has 2 N–H and O–H groups in total. The summed E-state index contributed by atoms with van der Waals surface area (Å²) in [6.07, 6.45) is 1.40. The van der Waals surface area contributed by atoms with Crippen molar-refractivity contribution < 1.29 is 19.1 Å². The van der Waals surface area contributed by atoms with Gasteiger partial charge in [-0.1, -0.05) is 31.5 Å². The predicted octanol–water partition coefficient (Wildman–Crippen LogP) is 4.16. The number of rotatable bonds is 4. The van der Waals surface area contributed by atoms with Gasteiger partial charge in [0.15, 0.2) is 11.5 Å². The first-order chi connectivity index (χ1) is 12.5. The number of amides is 3. The number of carbonyl (C=O) groups is 2. The molecule has 1 aliphatic rings.